The van der Waals surface area contributed by atoms with E-state index in [1.54, 1.807) is 35.8 Å². The first-order chi connectivity index (χ1) is 12.3. The first kappa shape index (κ1) is 20.6. The van der Waals surface area contributed by atoms with Gasteiger partial charge in [-0.15, -0.1) is 11.8 Å². The Morgan fingerprint density at radius 3 is 2.58 bits per heavy atom. The number of carbonyl (C=O) groups is 2. The molecule has 1 aromatic carbocycles. The predicted octanol–water partition coefficient (Wildman–Crippen LogP) is 3.62. The van der Waals surface area contributed by atoms with E-state index in [1.807, 2.05) is 25.7 Å². The van der Waals surface area contributed by atoms with Crippen molar-refractivity contribution in [2.45, 2.75) is 50.3 Å². The summed E-state index contributed by atoms with van der Waals surface area (Å²) in [5.41, 5.74) is 0.937. The standard InChI is InChI=1S/C19H28FN3O2S/c1-5-16-17(24)23(12-6-11-22(4)19(25)21-13(2)3)18(26-16)14-7-9-15(20)10-8-14/h7-10,13,16,18H,5-6,11-12H2,1-4H3,(H,21,25). The molecule has 0 spiro atoms. The van der Waals surface area contributed by atoms with E-state index in [-0.39, 0.29) is 34.4 Å². The van der Waals surface area contributed by atoms with Gasteiger partial charge in [0.25, 0.3) is 0 Å². The zero-order chi connectivity index (χ0) is 19.3. The van der Waals surface area contributed by atoms with Gasteiger partial charge in [0.15, 0.2) is 0 Å². The second-order valence-electron chi connectivity index (χ2n) is 6.85. The number of nitrogens with one attached hydrogen (secondary N) is 1. The van der Waals surface area contributed by atoms with Crippen LogP contribution in [0.15, 0.2) is 24.3 Å². The molecule has 0 radical (unpaired) electrons. The Kier molecular flexibility index (Phi) is 7.32. The number of rotatable bonds is 7. The molecule has 5 nitrogen and oxygen atoms in total. The highest BCUT2D eigenvalue weighted by atomic mass is 32.2. The van der Waals surface area contributed by atoms with Crippen LogP contribution < -0.4 is 5.32 Å². The Hall–Kier alpha value is -1.76. The third-order valence-electron chi connectivity index (χ3n) is 4.31. The molecule has 1 aromatic rings. The monoisotopic (exact) mass is 381 g/mol. The van der Waals surface area contributed by atoms with Gasteiger partial charge in [0.05, 0.1) is 5.25 Å². The Morgan fingerprint density at radius 1 is 1.35 bits per heavy atom. The molecule has 1 aliphatic heterocycles. The molecule has 2 unspecified atom stereocenters. The largest absolute Gasteiger partial charge is 0.336 e. The second kappa shape index (κ2) is 9.26. The third kappa shape index (κ3) is 5.13. The van der Waals surface area contributed by atoms with E-state index in [4.69, 9.17) is 0 Å². The van der Waals surface area contributed by atoms with Crippen LogP contribution in [0.5, 0.6) is 0 Å². The molecule has 26 heavy (non-hydrogen) atoms. The first-order valence-electron chi connectivity index (χ1n) is 9.06. The molecule has 1 N–H and O–H groups in total. The Labute approximate surface area is 159 Å². The van der Waals surface area contributed by atoms with Gasteiger partial charge >= 0.3 is 6.03 Å². The minimum absolute atomic E-state index is 0.0629. The van der Waals surface area contributed by atoms with Gasteiger partial charge in [-0.2, -0.15) is 0 Å². The van der Waals surface area contributed by atoms with Crippen molar-refractivity contribution in [1.82, 2.24) is 15.1 Å². The molecule has 0 bridgehead atoms. The first-order valence-corrected chi connectivity index (χ1v) is 10.0. The quantitative estimate of drug-likeness (QED) is 0.785. The van der Waals surface area contributed by atoms with Gasteiger partial charge < -0.3 is 15.1 Å². The number of amides is 3. The maximum atomic E-state index is 13.2. The minimum atomic E-state index is -0.278. The van der Waals surface area contributed by atoms with Gasteiger partial charge in [-0.1, -0.05) is 19.1 Å². The van der Waals surface area contributed by atoms with Crippen molar-refractivity contribution in [3.8, 4) is 0 Å². The van der Waals surface area contributed by atoms with Gasteiger partial charge in [0.2, 0.25) is 5.91 Å². The number of hydrogen-bond donors (Lipinski definition) is 1. The van der Waals surface area contributed by atoms with Gasteiger partial charge in [-0.25, -0.2) is 9.18 Å². The SMILES string of the molecule is CCC1SC(c2ccc(F)cc2)N(CCCN(C)C(=O)NC(C)C)C1=O. The van der Waals surface area contributed by atoms with Crippen molar-refractivity contribution in [3.63, 3.8) is 0 Å². The van der Waals surface area contributed by atoms with Crippen LogP contribution in [-0.2, 0) is 4.79 Å². The summed E-state index contributed by atoms with van der Waals surface area (Å²) in [6.45, 7) is 6.99. The topological polar surface area (TPSA) is 52.6 Å². The second-order valence-corrected chi connectivity index (χ2v) is 8.14. The number of thioether (sulfide) groups is 1. The lowest BCUT2D eigenvalue weighted by Gasteiger charge is -2.26. The summed E-state index contributed by atoms with van der Waals surface area (Å²) in [5.74, 6) is -0.152. The Balaban J connectivity index is 1.98. The Bertz CT molecular complexity index is 624. The number of carbonyl (C=O) groups excluding carboxylic acids is 2. The van der Waals surface area contributed by atoms with Crippen molar-refractivity contribution < 1.29 is 14.0 Å². The zero-order valence-electron chi connectivity index (χ0n) is 15.9. The molecule has 1 saturated heterocycles. The summed E-state index contributed by atoms with van der Waals surface area (Å²) in [7, 11) is 1.75. The molecule has 0 aliphatic carbocycles. The summed E-state index contributed by atoms with van der Waals surface area (Å²) in [4.78, 5) is 28.1. The maximum Gasteiger partial charge on any atom is 0.317 e. The van der Waals surface area contributed by atoms with E-state index in [2.05, 4.69) is 5.32 Å². The molecule has 2 rings (SSSR count). The van der Waals surface area contributed by atoms with Crippen LogP contribution in [0.3, 0.4) is 0 Å². The number of benzene rings is 1. The van der Waals surface area contributed by atoms with Crippen LogP contribution >= 0.6 is 11.8 Å². The van der Waals surface area contributed by atoms with Crippen LogP contribution in [-0.4, -0.2) is 53.2 Å². The van der Waals surface area contributed by atoms with Crippen molar-refractivity contribution in [1.29, 1.82) is 0 Å². The predicted molar refractivity (Wildman–Crippen MR) is 103 cm³/mol. The van der Waals surface area contributed by atoms with Crippen LogP contribution in [0, 0.1) is 5.82 Å². The van der Waals surface area contributed by atoms with E-state index in [0.29, 0.717) is 19.5 Å². The highest BCUT2D eigenvalue weighted by molar-refractivity contribution is 8.01. The van der Waals surface area contributed by atoms with Crippen molar-refractivity contribution >= 4 is 23.7 Å². The highest BCUT2D eigenvalue weighted by Crippen LogP contribution is 2.44. The molecule has 1 fully saturated rings. The fourth-order valence-corrected chi connectivity index (χ4v) is 4.33. The van der Waals surface area contributed by atoms with E-state index in [0.717, 1.165) is 12.0 Å². The molecule has 1 heterocycles. The molecular formula is C19H28FN3O2S. The smallest absolute Gasteiger partial charge is 0.317 e. The lowest BCUT2D eigenvalue weighted by Crippen LogP contribution is -2.42. The average molecular weight is 382 g/mol. The fourth-order valence-electron chi connectivity index (χ4n) is 2.91. The molecule has 3 amide bonds. The van der Waals surface area contributed by atoms with Gasteiger partial charge in [0, 0.05) is 26.2 Å². The summed E-state index contributed by atoms with van der Waals surface area (Å²) in [6, 6.07) is 6.34. The van der Waals surface area contributed by atoms with Crippen LogP contribution in [0.25, 0.3) is 0 Å². The molecule has 7 heteroatoms. The molecule has 0 saturated carbocycles. The number of hydrogen-bond acceptors (Lipinski definition) is 3. The summed E-state index contributed by atoms with van der Waals surface area (Å²) >= 11 is 1.62. The summed E-state index contributed by atoms with van der Waals surface area (Å²) in [6.07, 6.45) is 1.47. The molecule has 2 atom stereocenters. The average Bonchev–Trinajstić information content (AvgIpc) is 2.91. The van der Waals surface area contributed by atoms with Gasteiger partial charge in [0.1, 0.15) is 11.2 Å². The molecule has 1 aliphatic rings. The van der Waals surface area contributed by atoms with E-state index in [9.17, 15) is 14.0 Å². The molecule has 0 aromatic heterocycles. The maximum absolute atomic E-state index is 13.2. The van der Waals surface area contributed by atoms with Gasteiger partial charge in [-0.3, -0.25) is 4.79 Å². The van der Waals surface area contributed by atoms with E-state index >= 15 is 0 Å². The lowest BCUT2D eigenvalue weighted by molar-refractivity contribution is -0.130. The minimum Gasteiger partial charge on any atom is -0.336 e. The van der Waals surface area contributed by atoms with Crippen molar-refractivity contribution in [2.24, 2.45) is 0 Å². The van der Waals surface area contributed by atoms with Crippen molar-refractivity contribution in [3.05, 3.63) is 35.6 Å². The number of nitrogens with zero attached hydrogens (tertiary/aromatic N) is 2. The molecule has 144 valence electrons. The normalized spacial score (nSPS) is 19.9. The number of urea groups is 1. The van der Waals surface area contributed by atoms with Crippen molar-refractivity contribution in [2.75, 3.05) is 20.1 Å². The van der Waals surface area contributed by atoms with Crippen LogP contribution in [0.1, 0.15) is 44.6 Å². The zero-order valence-corrected chi connectivity index (χ0v) is 16.7. The third-order valence-corrected chi connectivity index (χ3v) is 5.96. The van der Waals surface area contributed by atoms with E-state index < -0.39 is 0 Å². The fraction of sp³-hybridized carbons (Fsp3) is 0.579. The van der Waals surface area contributed by atoms with E-state index in [1.165, 1.54) is 12.1 Å². The van der Waals surface area contributed by atoms with Crippen LogP contribution in [0.2, 0.25) is 0 Å². The summed E-state index contributed by atoms with van der Waals surface area (Å²) in [5, 5.41) is 2.70. The van der Waals surface area contributed by atoms with Crippen LogP contribution in [0.4, 0.5) is 9.18 Å². The highest BCUT2D eigenvalue weighted by Gasteiger charge is 2.39. The summed E-state index contributed by atoms with van der Waals surface area (Å²) < 4.78 is 13.2. The number of halogens is 1. The van der Waals surface area contributed by atoms with Gasteiger partial charge in [-0.05, 0) is 44.4 Å². The Morgan fingerprint density at radius 2 is 2.00 bits per heavy atom. The lowest BCUT2D eigenvalue weighted by atomic mass is 10.2. The molecular weight excluding hydrogens is 353 g/mol.